The van der Waals surface area contributed by atoms with Crippen LogP contribution in [0, 0.1) is 5.82 Å². The number of likely N-dealkylation sites (tertiary alicyclic amines) is 1. The second-order valence-corrected chi connectivity index (χ2v) is 5.55. The van der Waals surface area contributed by atoms with Gasteiger partial charge in [0.15, 0.2) is 0 Å². The molecular weight excluding hydrogens is 297 g/mol. The first-order valence-electron chi connectivity index (χ1n) is 7.47. The van der Waals surface area contributed by atoms with Gasteiger partial charge in [-0.1, -0.05) is 12.1 Å². The second-order valence-electron chi connectivity index (χ2n) is 5.55. The molecule has 2 heterocycles. The van der Waals surface area contributed by atoms with Gasteiger partial charge in [0.05, 0.1) is 5.69 Å². The summed E-state index contributed by atoms with van der Waals surface area (Å²) in [4.78, 5) is 21.8. The molecule has 3 rings (SSSR count). The average molecular weight is 315 g/mol. The number of amides is 2. The van der Waals surface area contributed by atoms with E-state index in [0.29, 0.717) is 26.1 Å². The van der Waals surface area contributed by atoms with Crippen molar-refractivity contribution in [2.45, 2.75) is 12.3 Å². The molecule has 6 nitrogen and oxygen atoms in total. The average Bonchev–Trinajstić information content (AvgIpc) is 2.48. The maximum atomic E-state index is 12.8. The molecule has 2 amide bonds. The molecule has 1 fully saturated rings. The largest absolute Gasteiger partial charge is 0.368 e. The summed E-state index contributed by atoms with van der Waals surface area (Å²) in [5, 5.41) is 2.87. The summed E-state index contributed by atoms with van der Waals surface area (Å²) >= 11 is 0. The Labute approximate surface area is 133 Å². The Kier molecular flexibility index (Phi) is 4.36. The minimum absolute atomic E-state index is 0.0922. The summed E-state index contributed by atoms with van der Waals surface area (Å²) in [7, 11) is 0. The van der Waals surface area contributed by atoms with Crippen molar-refractivity contribution in [3.8, 4) is 0 Å². The molecule has 120 valence electrons. The highest BCUT2D eigenvalue weighted by Gasteiger charge is 2.32. The molecule has 1 aromatic heterocycles. The summed E-state index contributed by atoms with van der Waals surface area (Å²) in [5.41, 5.74) is 7.42. The fourth-order valence-corrected chi connectivity index (χ4v) is 2.52. The molecule has 0 saturated carbocycles. The standard InChI is InChI=1S/C16H18FN5O/c17-13-3-1-11(2-4-13)5-7-20-16(23)22-9-12(10-22)14-6-8-19-15(18)21-14/h1-4,6,8,12H,5,7,9-10H2,(H,20,23)(H2,18,19,21). The zero-order chi connectivity index (χ0) is 16.2. The summed E-state index contributed by atoms with van der Waals surface area (Å²) in [5.74, 6) is 0.211. The van der Waals surface area contributed by atoms with Crippen molar-refractivity contribution in [1.82, 2.24) is 20.2 Å². The molecule has 3 N–H and O–H groups in total. The van der Waals surface area contributed by atoms with Crippen molar-refractivity contribution in [3.63, 3.8) is 0 Å². The Morgan fingerprint density at radius 3 is 2.74 bits per heavy atom. The number of urea groups is 1. The second kappa shape index (κ2) is 6.60. The maximum Gasteiger partial charge on any atom is 0.317 e. The zero-order valence-electron chi connectivity index (χ0n) is 12.6. The Hall–Kier alpha value is -2.70. The minimum atomic E-state index is -0.255. The van der Waals surface area contributed by atoms with Crippen LogP contribution in [0.1, 0.15) is 17.2 Å². The number of carbonyl (C=O) groups excluding carboxylic acids is 1. The topological polar surface area (TPSA) is 84.1 Å². The molecule has 0 unspecified atom stereocenters. The van der Waals surface area contributed by atoms with Crippen molar-refractivity contribution >= 4 is 12.0 Å². The van der Waals surface area contributed by atoms with E-state index in [1.54, 1.807) is 23.2 Å². The molecule has 1 saturated heterocycles. The van der Waals surface area contributed by atoms with E-state index in [1.807, 2.05) is 6.07 Å². The Morgan fingerprint density at radius 2 is 2.04 bits per heavy atom. The van der Waals surface area contributed by atoms with Gasteiger partial charge < -0.3 is 16.0 Å². The normalized spacial score (nSPS) is 14.4. The van der Waals surface area contributed by atoms with E-state index in [0.717, 1.165) is 11.3 Å². The SMILES string of the molecule is Nc1nccc(C2CN(C(=O)NCCc3ccc(F)cc3)C2)n1. The number of hydrogen-bond donors (Lipinski definition) is 2. The van der Waals surface area contributed by atoms with E-state index >= 15 is 0 Å². The van der Waals surface area contributed by atoms with Gasteiger partial charge >= 0.3 is 6.03 Å². The number of aromatic nitrogens is 2. The summed E-state index contributed by atoms with van der Waals surface area (Å²) in [6.07, 6.45) is 2.30. The van der Waals surface area contributed by atoms with Crippen LogP contribution in [0.3, 0.4) is 0 Å². The lowest BCUT2D eigenvalue weighted by molar-refractivity contribution is 0.150. The van der Waals surface area contributed by atoms with E-state index in [-0.39, 0.29) is 23.7 Å². The molecule has 0 radical (unpaired) electrons. The van der Waals surface area contributed by atoms with Crippen LogP contribution >= 0.6 is 0 Å². The van der Waals surface area contributed by atoms with Crippen LogP contribution in [-0.2, 0) is 6.42 Å². The highest BCUT2D eigenvalue weighted by Crippen LogP contribution is 2.25. The minimum Gasteiger partial charge on any atom is -0.368 e. The number of anilines is 1. The number of nitrogens with one attached hydrogen (secondary N) is 1. The van der Waals surface area contributed by atoms with Gasteiger partial charge in [0.25, 0.3) is 0 Å². The first-order chi connectivity index (χ1) is 11.1. The first kappa shape index (κ1) is 15.2. The Balaban J connectivity index is 1.41. The highest BCUT2D eigenvalue weighted by atomic mass is 19.1. The van der Waals surface area contributed by atoms with Gasteiger partial charge in [-0.05, 0) is 30.2 Å². The van der Waals surface area contributed by atoms with Crippen LogP contribution in [0.5, 0.6) is 0 Å². The quantitative estimate of drug-likeness (QED) is 0.896. The predicted molar refractivity (Wildman–Crippen MR) is 84.3 cm³/mol. The lowest BCUT2D eigenvalue weighted by Crippen LogP contribution is -2.53. The molecular formula is C16H18FN5O. The molecule has 0 spiro atoms. The number of carbonyl (C=O) groups is 1. The van der Waals surface area contributed by atoms with Crippen molar-refractivity contribution in [3.05, 3.63) is 53.6 Å². The molecule has 7 heteroatoms. The fourth-order valence-electron chi connectivity index (χ4n) is 2.52. The van der Waals surface area contributed by atoms with E-state index in [2.05, 4.69) is 15.3 Å². The summed E-state index contributed by atoms with van der Waals surface area (Å²) in [6, 6.07) is 8.02. The molecule has 23 heavy (non-hydrogen) atoms. The van der Waals surface area contributed by atoms with Crippen LogP contribution in [0.4, 0.5) is 15.1 Å². The number of nitrogens with zero attached hydrogens (tertiary/aromatic N) is 3. The zero-order valence-corrected chi connectivity index (χ0v) is 12.6. The van der Waals surface area contributed by atoms with Crippen molar-refractivity contribution in [2.24, 2.45) is 0 Å². The van der Waals surface area contributed by atoms with Crippen LogP contribution < -0.4 is 11.1 Å². The third-order valence-electron chi connectivity index (χ3n) is 3.89. The number of hydrogen-bond acceptors (Lipinski definition) is 4. The van der Waals surface area contributed by atoms with Crippen molar-refractivity contribution in [1.29, 1.82) is 0 Å². The van der Waals surface area contributed by atoms with Crippen molar-refractivity contribution in [2.75, 3.05) is 25.4 Å². The summed E-state index contributed by atoms with van der Waals surface area (Å²) in [6.45, 7) is 1.77. The third kappa shape index (κ3) is 3.74. The molecule has 0 bridgehead atoms. The van der Waals surface area contributed by atoms with E-state index in [1.165, 1.54) is 12.1 Å². The molecule has 1 aromatic carbocycles. The van der Waals surface area contributed by atoms with Crippen LogP contribution in [0.2, 0.25) is 0 Å². The number of benzene rings is 1. The van der Waals surface area contributed by atoms with Crippen LogP contribution in [-0.4, -0.2) is 40.5 Å². The number of nitrogen functional groups attached to an aromatic ring is 1. The van der Waals surface area contributed by atoms with E-state index in [9.17, 15) is 9.18 Å². The highest BCUT2D eigenvalue weighted by molar-refractivity contribution is 5.75. The van der Waals surface area contributed by atoms with Gasteiger partial charge in [0.2, 0.25) is 5.95 Å². The molecule has 2 aromatic rings. The first-order valence-corrected chi connectivity index (χ1v) is 7.47. The number of halogens is 1. The monoisotopic (exact) mass is 315 g/mol. The molecule has 1 aliphatic heterocycles. The Bertz CT molecular complexity index is 685. The van der Waals surface area contributed by atoms with Gasteiger partial charge in [-0.15, -0.1) is 0 Å². The van der Waals surface area contributed by atoms with Gasteiger partial charge in [0, 0.05) is 31.7 Å². The third-order valence-corrected chi connectivity index (χ3v) is 3.89. The number of rotatable bonds is 4. The van der Waals surface area contributed by atoms with Gasteiger partial charge in [0.1, 0.15) is 5.82 Å². The predicted octanol–water partition coefficient (Wildman–Crippen LogP) is 1.55. The fraction of sp³-hybridized carbons (Fsp3) is 0.312. The molecule has 0 aliphatic carbocycles. The Morgan fingerprint density at radius 1 is 1.30 bits per heavy atom. The smallest absolute Gasteiger partial charge is 0.317 e. The van der Waals surface area contributed by atoms with Crippen LogP contribution in [0.25, 0.3) is 0 Å². The van der Waals surface area contributed by atoms with Crippen LogP contribution in [0.15, 0.2) is 36.5 Å². The van der Waals surface area contributed by atoms with Crippen molar-refractivity contribution < 1.29 is 9.18 Å². The lowest BCUT2D eigenvalue weighted by atomic mass is 9.96. The molecule has 1 aliphatic rings. The lowest BCUT2D eigenvalue weighted by Gasteiger charge is -2.38. The van der Waals surface area contributed by atoms with E-state index < -0.39 is 0 Å². The van der Waals surface area contributed by atoms with Gasteiger partial charge in [-0.2, -0.15) is 0 Å². The van der Waals surface area contributed by atoms with Gasteiger partial charge in [-0.3, -0.25) is 0 Å². The number of nitrogens with two attached hydrogens (primary N) is 1. The maximum absolute atomic E-state index is 12.8. The van der Waals surface area contributed by atoms with Gasteiger partial charge in [-0.25, -0.2) is 19.2 Å². The molecule has 0 atom stereocenters. The van der Waals surface area contributed by atoms with E-state index in [4.69, 9.17) is 5.73 Å². The summed E-state index contributed by atoms with van der Waals surface area (Å²) < 4.78 is 12.8.